The Balaban J connectivity index is 2.44. The van der Waals surface area contributed by atoms with Crippen molar-refractivity contribution in [3.63, 3.8) is 0 Å². The fourth-order valence-corrected chi connectivity index (χ4v) is 1.75. The van der Waals surface area contributed by atoms with Crippen LogP contribution in [0, 0.1) is 0 Å². The summed E-state index contributed by atoms with van der Waals surface area (Å²) in [6.07, 6.45) is 2.20. The Bertz CT molecular complexity index is 482. The molecule has 0 bridgehead atoms. The first kappa shape index (κ1) is 17.8. The van der Waals surface area contributed by atoms with Gasteiger partial charge >= 0.3 is 6.03 Å². The minimum absolute atomic E-state index is 0.108. The van der Waals surface area contributed by atoms with Crippen molar-refractivity contribution in [1.82, 2.24) is 10.6 Å². The number of urea groups is 1. The number of aliphatic imine (C=N–C) groups is 1. The molecule has 1 aromatic rings. The Hall–Kier alpha value is -2.24. The zero-order valence-corrected chi connectivity index (χ0v) is 13.6. The van der Waals surface area contributed by atoms with Gasteiger partial charge < -0.3 is 21.7 Å². The first-order chi connectivity index (χ1) is 10.5. The van der Waals surface area contributed by atoms with Crippen molar-refractivity contribution in [2.75, 3.05) is 11.9 Å². The van der Waals surface area contributed by atoms with Crippen LogP contribution in [0.5, 0.6) is 0 Å². The van der Waals surface area contributed by atoms with Gasteiger partial charge in [0.2, 0.25) is 0 Å². The molecule has 0 saturated carbocycles. The monoisotopic (exact) mass is 305 g/mol. The molecule has 0 heterocycles. The highest BCUT2D eigenvalue weighted by atomic mass is 16.2. The predicted molar refractivity (Wildman–Crippen MR) is 92.0 cm³/mol. The summed E-state index contributed by atoms with van der Waals surface area (Å²) in [7, 11) is 0. The smallest absolute Gasteiger partial charge is 0.319 e. The van der Waals surface area contributed by atoms with E-state index in [-0.39, 0.29) is 12.1 Å². The molecule has 22 heavy (non-hydrogen) atoms. The normalized spacial score (nSPS) is 11.4. The topological polar surface area (TPSA) is 91.5 Å². The lowest BCUT2D eigenvalue weighted by Gasteiger charge is -2.10. The quantitative estimate of drug-likeness (QED) is 0.354. The number of benzene rings is 1. The Kier molecular flexibility index (Phi) is 7.81. The van der Waals surface area contributed by atoms with E-state index in [4.69, 9.17) is 5.73 Å². The molecule has 0 aliphatic rings. The van der Waals surface area contributed by atoms with Crippen LogP contribution in [0.2, 0.25) is 0 Å². The van der Waals surface area contributed by atoms with Gasteiger partial charge in [0.15, 0.2) is 5.96 Å². The number of guanidine groups is 1. The molecular formula is C16H27N5O. The summed E-state index contributed by atoms with van der Waals surface area (Å²) in [6.45, 7) is 7.33. The average Bonchev–Trinajstić information content (AvgIpc) is 2.46. The van der Waals surface area contributed by atoms with Gasteiger partial charge in [-0.15, -0.1) is 0 Å². The number of carbonyl (C=O) groups is 1. The lowest BCUT2D eigenvalue weighted by atomic mass is 10.2. The number of hydrogen-bond donors (Lipinski definition) is 4. The maximum atomic E-state index is 11.6. The number of amides is 2. The van der Waals surface area contributed by atoms with E-state index in [1.54, 1.807) is 0 Å². The van der Waals surface area contributed by atoms with Crippen molar-refractivity contribution in [2.45, 2.75) is 46.2 Å². The van der Waals surface area contributed by atoms with Crippen LogP contribution in [0.25, 0.3) is 0 Å². The second-order valence-corrected chi connectivity index (χ2v) is 5.43. The predicted octanol–water partition coefficient (Wildman–Crippen LogP) is 2.42. The molecule has 0 atom stereocenters. The van der Waals surface area contributed by atoms with Crippen LogP contribution in [-0.4, -0.2) is 24.6 Å². The lowest BCUT2D eigenvalue weighted by Crippen LogP contribution is -2.34. The van der Waals surface area contributed by atoms with Crippen LogP contribution < -0.4 is 21.7 Å². The maximum absolute atomic E-state index is 11.6. The Morgan fingerprint density at radius 2 is 1.95 bits per heavy atom. The van der Waals surface area contributed by atoms with Crippen molar-refractivity contribution in [3.8, 4) is 0 Å². The number of unbranched alkanes of at least 4 members (excludes halogenated alkanes) is 1. The molecule has 1 rings (SSSR count). The van der Waals surface area contributed by atoms with E-state index in [2.05, 4.69) is 27.9 Å². The molecule has 0 fully saturated rings. The molecule has 0 spiro atoms. The molecule has 5 N–H and O–H groups in total. The molecule has 6 nitrogen and oxygen atoms in total. The second-order valence-electron chi connectivity index (χ2n) is 5.43. The minimum atomic E-state index is -0.204. The van der Waals surface area contributed by atoms with E-state index >= 15 is 0 Å². The third-order valence-corrected chi connectivity index (χ3v) is 2.90. The summed E-state index contributed by atoms with van der Waals surface area (Å²) >= 11 is 0. The molecule has 0 aromatic heterocycles. The molecule has 0 unspecified atom stereocenters. The van der Waals surface area contributed by atoms with Gasteiger partial charge in [0.1, 0.15) is 0 Å². The Morgan fingerprint density at radius 1 is 1.27 bits per heavy atom. The largest absolute Gasteiger partial charge is 0.370 e. The lowest BCUT2D eigenvalue weighted by molar-refractivity contribution is 0.250. The number of carbonyl (C=O) groups excluding carboxylic acids is 1. The van der Waals surface area contributed by atoms with Gasteiger partial charge in [0.25, 0.3) is 0 Å². The standard InChI is InChI=1S/C16H27N5O/c1-4-5-10-18-15(17)19-11-13-6-8-14(9-7-13)21-16(22)20-12(2)3/h6-9,12H,4-5,10-11H2,1-3H3,(H3,17,18,19)(H2,20,21,22). The molecule has 6 heteroatoms. The fraction of sp³-hybridized carbons (Fsp3) is 0.500. The first-order valence-corrected chi connectivity index (χ1v) is 7.71. The van der Waals surface area contributed by atoms with Crippen LogP contribution in [0.15, 0.2) is 29.3 Å². The van der Waals surface area contributed by atoms with Crippen LogP contribution in [0.1, 0.15) is 39.2 Å². The molecule has 0 saturated heterocycles. The SMILES string of the molecule is CCCCNC(N)=NCc1ccc(NC(=O)NC(C)C)cc1. The molecule has 0 aliphatic heterocycles. The van der Waals surface area contributed by atoms with Gasteiger partial charge in [-0.05, 0) is 38.0 Å². The Labute approximate surface area is 132 Å². The van der Waals surface area contributed by atoms with E-state index in [9.17, 15) is 4.79 Å². The number of nitrogens with zero attached hydrogens (tertiary/aromatic N) is 1. The highest BCUT2D eigenvalue weighted by Gasteiger charge is 2.03. The highest BCUT2D eigenvalue weighted by molar-refractivity contribution is 5.89. The van der Waals surface area contributed by atoms with Crippen molar-refractivity contribution in [1.29, 1.82) is 0 Å². The van der Waals surface area contributed by atoms with Gasteiger partial charge in [-0.25, -0.2) is 9.79 Å². The van der Waals surface area contributed by atoms with Gasteiger partial charge in [-0.2, -0.15) is 0 Å². The summed E-state index contributed by atoms with van der Waals surface area (Å²) in [4.78, 5) is 15.9. The summed E-state index contributed by atoms with van der Waals surface area (Å²) in [5.41, 5.74) is 7.57. The number of hydrogen-bond acceptors (Lipinski definition) is 2. The number of nitrogens with one attached hydrogen (secondary N) is 3. The van der Waals surface area contributed by atoms with E-state index in [0.717, 1.165) is 30.6 Å². The third kappa shape index (κ3) is 7.52. The zero-order chi connectivity index (χ0) is 16.4. The number of nitrogens with two attached hydrogens (primary N) is 1. The highest BCUT2D eigenvalue weighted by Crippen LogP contribution is 2.10. The van der Waals surface area contributed by atoms with Crippen LogP contribution in [0.4, 0.5) is 10.5 Å². The van der Waals surface area contributed by atoms with Crippen molar-refractivity contribution in [3.05, 3.63) is 29.8 Å². The molecule has 0 aliphatic carbocycles. The zero-order valence-electron chi connectivity index (χ0n) is 13.6. The van der Waals surface area contributed by atoms with E-state index < -0.39 is 0 Å². The first-order valence-electron chi connectivity index (χ1n) is 7.71. The van der Waals surface area contributed by atoms with Gasteiger partial charge in [0.05, 0.1) is 6.54 Å². The number of rotatable bonds is 7. The molecule has 122 valence electrons. The molecular weight excluding hydrogens is 278 g/mol. The number of anilines is 1. The minimum Gasteiger partial charge on any atom is -0.370 e. The molecule has 1 aromatic carbocycles. The summed E-state index contributed by atoms with van der Waals surface area (Å²) in [6, 6.07) is 7.46. The Morgan fingerprint density at radius 3 is 2.55 bits per heavy atom. The second kappa shape index (κ2) is 9.65. The van der Waals surface area contributed by atoms with Gasteiger partial charge in [-0.3, -0.25) is 0 Å². The third-order valence-electron chi connectivity index (χ3n) is 2.90. The summed E-state index contributed by atoms with van der Waals surface area (Å²) < 4.78 is 0. The van der Waals surface area contributed by atoms with E-state index in [1.165, 1.54) is 0 Å². The van der Waals surface area contributed by atoms with Crippen LogP contribution in [0.3, 0.4) is 0 Å². The van der Waals surface area contributed by atoms with Crippen LogP contribution >= 0.6 is 0 Å². The van der Waals surface area contributed by atoms with Gasteiger partial charge in [0, 0.05) is 18.3 Å². The van der Waals surface area contributed by atoms with E-state index in [0.29, 0.717) is 12.5 Å². The van der Waals surface area contributed by atoms with Crippen molar-refractivity contribution < 1.29 is 4.79 Å². The van der Waals surface area contributed by atoms with Gasteiger partial charge in [-0.1, -0.05) is 25.5 Å². The van der Waals surface area contributed by atoms with Crippen molar-refractivity contribution >= 4 is 17.7 Å². The van der Waals surface area contributed by atoms with Crippen LogP contribution in [-0.2, 0) is 6.54 Å². The van der Waals surface area contributed by atoms with Crippen molar-refractivity contribution in [2.24, 2.45) is 10.7 Å². The summed E-state index contributed by atoms with van der Waals surface area (Å²) in [5.74, 6) is 0.465. The fourth-order valence-electron chi connectivity index (χ4n) is 1.75. The molecule has 2 amide bonds. The van der Waals surface area contributed by atoms with E-state index in [1.807, 2.05) is 38.1 Å². The maximum Gasteiger partial charge on any atom is 0.319 e. The molecule has 0 radical (unpaired) electrons. The average molecular weight is 305 g/mol. The summed E-state index contributed by atoms with van der Waals surface area (Å²) in [5, 5.41) is 8.62.